The van der Waals surface area contributed by atoms with Crippen LogP contribution in [0.5, 0.6) is 5.75 Å². The first-order valence-corrected chi connectivity index (χ1v) is 9.71. The first-order valence-electron chi connectivity index (χ1n) is 8.89. The minimum atomic E-state index is 0.00397. The Morgan fingerprint density at radius 2 is 1.89 bits per heavy atom. The lowest BCUT2D eigenvalue weighted by atomic mass is 9.96. The summed E-state index contributed by atoms with van der Waals surface area (Å²) in [5.41, 5.74) is 0.766. The molecule has 0 unspecified atom stereocenters. The summed E-state index contributed by atoms with van der Waals surface area (Å²) in [4.78, 5) is 14.8. The largest absolute Gasteiger partial charge is 0.497 e. The molecule has 0 spiro atoms. The van der Waals surface area contributed by atoms with Crippen molar-refractivity contribution in [3.05, 3.63) is 48.8 Å². The van der Waals surface area contributed by atoms with E-state index >= 15 is 0 Å². The molecule has 1 aliphatic rings. The molecule has 3 aromatic rings. The fourth-order valence-electron chi connectivity index (χ4n) is 3.18. The number of carbonyl (C=O) groups is 1. The van der Waals surface area contributed by atoms with Crippen molar-refractivity contribution in [3.63, 3.8) is 0 Å². The topological polar surface area (TPSA) is 72.3 Å². The van der Waals surface area contributed by atoms with Gasteiger partial charge >= 0.3 is 0 Å². The zero-order valence-corrected chi connectivity index (χ0v) is 15.9. The van der Waals surface area contributed by atoms with Crippen molar-refractivity contribution in [2.24, 2.45) is 5.92 Å². The van der Waals surface area contributed by atoms with Gasteiger partial charge in [0.25, 0.3) is 0 Å². The molecule has 4 rings (SSSR count). The first kappa shape index (κ1) is 17.5. The molecule has 1 aliphatic heterocycles. The fourth-order valence-corrected chi connectivity index (χ4v) is 4.05. The van der Waals surface area contributed by atoms with Crippen molar-refractivity contribution < 1.29 is 9.53 Å². The summed E-state index contributed by atoms with van der Waals surface area (Å²) in [5, 5.41) is 13.3. The van der Waals surface area contributed by atoms with E-state index in [1.807, 2.05) is 53.4 Å². The molecule has 0 saturated carbocycles. The van der Waals surface area contributed by atoms with Gasteiger partial charge in [0.2, 0.25) is 16.2 Å². The van der Waals surface area contributed by atoms with E-state index in [4.69, 9.17) is 4.74 Å². The van der Waals surface area contributed by atoms with Crippen molar-refractivity contribution in [1.29, 1.82) is 0 Å². The molecular weight excluding hydrogens is 362 g/mol. The van der Waals surface area contributed by atoms with Crippen LogP contribution in [-0.4, -0.2) is 40.9 Å². The Bertz CT molecular complexity index is 900. The van der Waals surface area contributed by atoms with Crippen LogP contribution in [0.25, 0.3) is 5.13 Å². The van der Waals surface area contributed by atoms with E-state index in [0.29, 0.717) is 0 Å². The van der Waals surface area contributed by atoms with Crippen molar-refractivity contribution in [1.82, 2.24) is 14.8 Å². The minimum Gasteiger partial charge on any atom is -0.497 e. The number of ether oxygens (including phenoxy) is 1. The normalized spacial score (nSPS) is 14.9. The fraction of sp³-hybridized carbons (Fsp3) is 0.316. The molecule has 0 radical (unpaired) electrons. The van der Waals surface area contributed by atoms with Gasteiger partial charge in [-0.15, -0.1) is 10.2 Å². The van der Waals surface area contributed by atoms with Gasteiger partial charge in [-0.25, -0.2) is 0 Å². The summed E-state index contributed by atoms with van der Waals surface area (Å²) >= 11 is 1.57. The molecular formula is C19H21N5O2S. The Balaban J connectivity index is 1.34. The number of hydrogen-bond acceptors (Lipinski definition) is 6. The number of amides is 1. The highest BCUT2D eigenvalue weighted by Crippen LogP contribution is 2.28. The number of hydrogen-bond donors (Lipinski definition) is 1. The van der Waals surface area contributed by atoms with Crippen LogP contribution in [0.1, 0.15) is 12.8 Å². The third-order valence-electron chi connectivity index (χ3n) is 4.70. The number of piperidine rings is 1. The maximum Gasteiger partial charge on any atom is 0.227 e. The van der Waals surface area contributed by atoms with Crippen LogP contribution >= 0.6 is 11.3 Å². The predicted octanol–water partition coefficient (Wildman–Crippen LogP) is 3.19. The Hall–Kier alpha value is -2.87. The molecule has 1 N–H and O–H groups in total. The SMILES string of the molecule is COc1cccc(NC(=O)C2CCN(c3nnc(-n4cccc4)s3)CC2)c1. The number of rotatable bonds is 5. The second kappa shape index (κ2) is 7.79. The molecule has 1 saturated heterocycles. The number of nitrogens with zero attached hydrogens (tertiary/aromatic N) is 4. The zero-order valence-electron chi connectivity index (χ0n) is 15.0. The molecule has 0 bridgehead atoms. The molecule has 0 atom stereocenters. The van der Waals surface area contributed by atoms with Crippen LogP contribution < -0.4 is 15.0 Å². The Labute approximate surface area is 161 Å². The van der Waals surface area contributed by atoms with E-state index in [0.717, 1.165) is 47.6 Å². The van der Waals surface area contributed by atoms with Crippen LogP contribution in [0.15, 0.2) is 48.8 Å². The Morgan fingerprint density at radius 3 is 2.63 bits per heavy atom. The molecule has 0 aliphatic carbocycles. The van der Waals surface area contributed by atoms with Crippen LogP contribution in [0.3, 0.4) is 0 Å². The molecule has 1 aromatic carbocycles. The second-order valence-electron chi connectivity index (χ2n) is 6.44. The van der Waals surface area contributed by atoms with E-state index in [1.165, 1.54) is 0 Å². The lowest BCUT2D eigenvalue weighted by Crippen LogP contribution is -2.38. The van der Waals surface area contributed by atoms with Crippen molar-refractivity contribution >= 4 is 28.1 Å². The maximum atomic E-state index is 12.6. The van der Waals surface area contributed by atoms with Gasteiger partial charge in [-0.05, 0) is 37.1 Å². The lowest BCUT2D eigenvalue weighted by Gasteiger charge is -2.30. The van der Waals surface area contributed by atoms with Crippen molar-refractivity contribution in [2.75, 3.05) is 30.4 Å². The van der Waals surface area contributed by atoms with Gasteiger partial charge in [0.1, 0.15) is 5.75 Å². The highest BCUT2D eigenvalue weighted by molar-refractivity contribution is 7.17. The molecule has 8 heteroatoms. The van der Waals surface area contributed by atoms with Gasteiger partial charge in [-0.2, -0.15) is 0 Å². The van der Waals surface area contributed by atoms with Gasteiger partial charge < -0.3 is 15.0 Å². The summed E-state index contributed by atoms with van der Waals surface area (Å²) in [6.45, 7) is 1.60. The van der Waals surface area contributed by atoms with Crippen molar-refractivity contribution in [2.45, 2.75) is 12.8 Å². The van der Waals surface area contributed by atoms with Crippen LogP contribution in [-0.2, 0) is 4.79 Å². The maximum absolute atomic E-state index is 12.6. The minimum absolute atomic E-state index is 0.00397. The van der Waals surface area contributed by atoms with Crippen molar-refractivity contribution in [3.8, 4) is 10.9 Å². The van der Waals surface area contributed by atoms with E-state index in [9.17, 15) is 4.79 Å². The van der Waals surface area contributed by atoms with Gasteiger partial charge in [0, 0.05) is 43.2 Å². The number of benzene rings is 1. The predicted molar refractivity (Wildman–Crippen MR) is 106 cm³/mol. The standard InChI is InChI=1S/C19H21N5O2S/c1-26-16-6-4-5-15(13-16)20-17(25)14-7-11-24(12-8-14)19-22-21-18(27-19)23-9-2-3-10-23/h2-6,9-10,13-14H,7-8,11-12H2,1H3,(H,20,25). The number of methoxy groups -OCH3 is 1. The van der Waals surface area contributed by atoms with E-state index in [1.54, 1.807) is 18.4 Å². The van der Waals surface area contributed by atoms with Gasteiger partial charge in [0.15, 0.2) is 0 Å². The Morgan fingerprint density at radius 1 is 1.15 bits per heavy atom. The third-order valence-corrected chi connectivity index (χ3v) is 5.70. The average molecular weight is 383 g/mol. The third kappa shape index (κ3) is 3.95. The van der Waals surface area contributed by atoms with Gasteiger partial charge in [0.05, 0.1) is 7.11 Å². The van der Waals surface area contributed by atoms with E-state index in [2.05, 4.69) is 20.4 Å². The summed E-state index contributed by atoms with van der Waals surface area (Å²) in [6.07, 6.45) is 5.52. The lowest BCUT2D eigenvalue weighted by molar-refractivity contribution is -0.120. The number of carbonyl (C=O) groups excluding carboxylic acids is 1. The molecule has 3 heterocycles. The van der Waals surface area contributed by atoms with Gasteiger partial charge in [-0.1, -0.05) is 17.4 Å². The summed E-state index contributed by atoms with van der Waals surface area (Å²) in [7, 11) is 1.62. The highest BCUT2D eigenvalue weighted by atomic mass is 32.1. The molecule has 7 nitrogen and oxygen atoms in total. The average Bonchev–Trinajstić information content (AvgIpc) is 3.40. The molecule has 1 amide bonds. The number of anilines is 2. The second-order valence-corrected chi connectivity index (χ2v) is 7.37. The molecule has 1 fully saturated rings. The van der Waals surface area contributed by atoms with Crippen LogP contribution in [0.2, 0.25) is 0 Å². The number of nitrogens with one attached hydrogen (secondary N) is 1. The van der Waals surface area contributed by atoms with E-state index in [-0.39, 0.29) is 11.8 Å². The van der Waals surface area contributed by atoms with E-state index < -0.39 is 0 Å². The van der Waals surface area contributed by atoms with Crippen LogP contribution in [0, 0.1) is 5.92 Å². The Kier molecular flexibility index (Phi) is 5.06. The molecule has 27 heavy (non-hydrogen) atoms. The van der Waals surface area contributed by atoms with Crippen LogP contribution in [0.4, 0.5) is 10.8 Å². The summed E-state index contributed by atoms with van der Waals surface area (Å²) in [5.74, 6) is 0.801. The molecule has 140 valence electrons. The first-order chi connectivity index (χ1) is 13.2. The van der Waals surface area contributed by atoms with Gasteiger partial charge in [-0.3, -0.25) is 9.36 Å². The summed E-state index contributed by atoms with van der Waals surface area (Å²) in [6, 6.07) is 11.4. The zero-order chi connectivity index (χ0) is 18.6. The quantitative estimate of drug-likeness (QED) is 0.733. The number of aromatic nitrogens is 3. The highest BCUT2D eigenvalue weighted by Gasteiger charge is 2.27. The smallest absolute Gasteiger partial charge is 0.227 e. The molecule has 2 aromatic heterocycles. The summed E-state index contributed by atoms with van der Waals surface area (Å²) < 4.78 is 7.16. The monoisotopic (exact) mass is 383 g/mol.